The smallest absolute Gasteiger partial charge is 0.306 e. The Morgan fingerprint density at radius 1 is 0.947 bits per heavy atom. The van der Waals surface area contributed by atoms with Gasteiger partial charge in [0, 0.05) is 6.42 Å². The minimum Gasteiger partial charge on any atom is -0.466 e. The van der Waals surface area contributed by atoms with Crippen LogP contribution in [0.5, 0.6) is 0 Å². The molecule has 0 aliphatic heterocycles. The van der Waals surface area contributed by atoms with Crippen LogP contribution >= 0.6 is 0 Å². The van der Waals surface area contributed by atoms with Gasteiger partial charge in [0.05, 0.1) is 6.61 Å². The Morgan fingerprint density at radius 3 is 2.21 bits per heavy atom. The van der Waals surface area contributed by atoms with Crippen LogP contribution in [0.1, 0.15) is 85.5 Å². The molecular weight excluding hydrogens is 236 g/mol. The number of carbonyl (C=O) groups excluding carboxylic acids is 1. The van der Waals surface area contributed by atoms with E-state index in [2.05, 4.69) is 20.8 Å². The zero-order valence-electron chi connectivity index (χ0n) is 13.5. The Hall–Kier alpha value is -0.530. The Kier molecular flexibility index (Phi) is 12.2. The highest BCUT2D eigenvalue weighted by atomic mass is 16.5. The minimum absolute atomic E-state index is 0.0400. The molecule has 0 amide bonds. The maximum atomic E-state index is 11.4. The first-order chi connectivity index (χ1) is 9.10. The van der Waals surface area contributed by atoms with Gasteiger partial charge in [0.25, 0.3) is 0 Å². The molecule has 0 aliphatic carbocycles. The molecular formula is C17H34O2. The van der Waals surface area contributed by atoms with Gasteiger partial charge in [-0.05, 0) is 25.2 Å². The van der Waals surface area contributed by atoms with Gasteiger partial charge in [-0.1, -0.05) is 65.7 Å². The topological polar surface area (TPSA) is 26.3 Å². The first-order valence-electron chi connectivity index (χ1n) is 8.25. The summed E-state index contributed by atoms with van der Waals surface area (Å²) in [4.78, 5) is 11.4. The van der Waals surface area contributed by atoms with Crippen molar-refractivity contribution in [2.75, 3.05) is 6.61 Å². The van der Waals surface area contributed by atoms with Crippen LogP contribution in [0.3, 0.4) is 0 Å². The van der Waals surface area contributed by atoms with Crippen LogP contribution in [0, 0.1) is 11.8 Å². The second-order valence-electron chi connectivity index (χ2n) is 6.01. The normalized spacial score (nSPS) is 14.1. The molecule has 0 rings (SSSR count). The highest BCUT2D eigenvalue weighted by Crippen LogP contribution is 2.21. The van der Waals surface area contributed by atoms with Gasteiger partial charge < -0.3 is 4.74 Å². The molecule has 2 nitrogen and oxygen atoms in total. The van der Waals surface area contributed by atoms with Gasteiger partial charge in [0.1, 0.15) is 0 Å². The second-order valence-corrected chi connectivity index (χ2v) is 6.01. The fourth-order valence-corrected chi connectivity index (χ4v) is 2.67. The number of hydrogen-bond acceptors (Lipinski definition) is 2. The molecule has 0 bridgehead atoms. The van der Waals surface area contributed by atoms with Crippen molar-refractivity contribution in [3.63, 3.8) is 0 Å². The number of ether oxygens (including phenoxy) is 1. The van der Waals surface area contributed by atoms with Gasteiger partial charge in [-0.25, -0.2) is 0 Å². The molecule has 0 aliphatic rings. The standard InChI is InChI=1S/C17H34O2/c1-5-7-8-9-10-11-12-15(3)13-16(4)14-17(18)19-6-2/h15-16H,5-14H2,1-4H3. The molecule has 0 N–H and O–H groups in total. The van der Waals surface area contributed by atoms with Crippen molar-refractivity contribution in [2.45, 2.75) is 85.5 Å². The number of hydrogen-bond donors (Lipinski definition) is 0. The minimum atomic E-state index is -0.0400. The highest BCUT2D eigenvalue weighted by molar-refractivity contribution is 5.69. The molecule has 2 unspecified atom stereocenters. The summed E-state index contributed by atoms with van der Waals surface area (Å²) in [6, 6.07) is 0. The van der Waals surface area contributed by atoms with E-state index in [-0.39, 0.29) is 5.97 Å². The molecule has 2 heteroatoms. The van der Waals surface area contributed by atoms with E-state index in [0.717, 1.165) is 12.3 Å². The zero-order chi connectivity index (χ0) is 14.5. The Balaban J connectivity index is 3.51. The van der Waals surface area contributed by atoms with Gasteiger partial charge >= 0.3 is 5.97 Å². The lowest BCUT2D eigenvalue weighted by Gasteiger charge is -2.16. The largest absolute Gasteiger partial charge is 0.466 e. The lowest BCUT2D eigenvalue weighted by molar-refractivity contribution is -0.144. The number of unbranched alkanes of at least 4 members (excludes halogenated alkanes) is 5. The molecule has 0 radical (unpaired) electrons. The SMILES string of the molecule is CCCCCCCCC(C)CC(C)CC(=O)OCC. The fraction of sp³-hybridized carbons (Fsp3) is 0.941. The predicted molar refractivity (Wildman–Crippen MR) is 82.2 cm³/mol. The Morgan fingerprint density at radius 2 is 1.58 bits per heavy atom. The van der Waals surface area contributed by atoms with E-state index in [1.165, 1.54) is 44.9 Å². The summed E-state index contributed by atoms with van der Waals surface area (Å²) in [7, 11) is 0. The quantitative estimate of drug-likeness (QED) is 0.353. The number of rotatable bonds is 12. The van der Waals surface area contributed by atoms with Crippen molar-refractivity contribution in [3.05, 3.63) is 0 Å². The van der Waals surface area contributed by atoms with Gasteiger partial charge in [-0.3, -0.25) is 4.79 Å². The summed E-state index contributed by atoms with van der Waals surface area (Å²) in [5.41, 5.74) is 0. The summed E-state index contributed by atoms with van der Waals surface area (Å²) < 4.78 is 4.99. The van der Waals surface area contributed by atoms with Crippen LogP contribution < -0.4 is 0 Å². The third-order valence-corrected chi connectivity index (χ3v) is 3.68. The maximum absolute atomic E-state index is 11.4. The van der Waals surface area contributed by atoms with Crippen molar-refractivity contribution in [3.8, 4) is 0 Å². The average molecular weight is 270 g/mol. The van der Waals surface area contributed by atoms with E-state index < -0.39 is 0 Å². The van der Waals surface area contributed by atoms with Gasteiger partial charge in [0.2, 0.25) is 0 Å². The monoisotopic (exact) mass is 270 g/mol. The average Bonchev–Trinajstić information content (AvgIpc) is 2.33. The molecule has 0 fully saturated rings. The molecule has 0 spiro atoms. The summed E-state index contributed by atoms with van der Waals surface area (Å²) >= 11 is 0. The summed E-state index contributed by atoms with van der Waals surface area (Å²) in [6.45, 7) is 9.10. The number of carbonyl (C=O) groups is 1. The third-order valence-electron chi connectivity index (χ3n) is 3.68. The van der Waals surface area contributed by atoms with Gasteiger partial charge in [-0.2, -0.15) is 0 Å². The van der Waals surface area contributed by atoms with E-state index >= 15 is 0 Å². The molecule has 19 heavy (non-hydrogen) atoms. The van der Waals surface area contributed by atoms with Crippen LogP contribution in [0.25, 0.3) is 0 Å². The van der Waals surface area contributed by atoms with Crippen molar-refractivity contribution >= 4 is 5.97 Å². The molecule has 0 heterocycles. The van der Waals surface area contributed by atoms with E-state index in [1.807, 2.05) is 6.92 Å². The molecule has 0 aromatic rings. The summed E-state index contributed by atoms with van der Waals surface area (Å²) in [5, 5.41) is 0. The van der Waals surface area contributed by atoms with E-state index in [1.54, 1.807) is 0 Å². The van der Waals surface area contributed by atoms with Crippen LogP contribution in [0.15, 0.2) is 0 Å². The third kappa shape index (κ3) is 12.3. The lowest BCUT2D eigenvalue weighted by atomic mass is 9.91. The predicted octanol–water partition coefficient (Wildman–Crippen LogP) is 5.35. The van der Waals surface area contributed by atoms with Crippen LogP contribution in [0.2, 0.25) is 0 Å². The summed E-state index contributed by atoms with van der Waals surface area (Å²) in [6.07, 6.45) is 11.2. The van der Waals surface area contributed by atoms with Crippen LogP contribution in [-0.4, -0.2) is 12.6 Å². The molecule has 0 aromatic carbocycles. The molecule has 2 atom stereocenters. The first kappa shape index (κ1) is 18.5. The Labute approximate surface area is 120 Å². The molecule has 0 aromatic heterocycles. The molecule has 0 saturated heterocycles. The lowest BCUT2D eigenvalue weighted by Crippen LogP contribution is -2.12. The van der Waals surface area contributed by atoms with Crippen molar-refractivity contribution in [2.24, 2.45) is 11.8 Å². The fourth-order valence-electron chi connectivity index (χ4n) is 2.67. The maximum Gasteiger partial charge on any atom is 0.306 e. The second kappa shape index (κ2) is 12.5. The van der Waals surface area contributed by atoms with Crippen molar-refractivity contribution in [1.29, 1.82) is 0 Å². The molecule has 114 valence electrons. The Bertz CT molecular complexity index is 213. The van der Waals surface area contributed by atoms with E-state index in [0.29, 0.717) is 18.9 Å². The molecule has 0 saturated carbocycles. The van der Waals surface area contributed by atoms with Crippen LogP contribution in [0.4, 0.5) is 0 Å². The number of esters is 1. The van der Waals surface area contributed by atoms with Crippen molar-refractivity contribution in [1.82, 2.24) is 0 Å². The van der Waals surface area contributed by atoms with Crippen LogP contribution in [-0.2, 0) is 9.53 Å². The first-order valence-corrected chi connectivity index (χ1v) is 8.25. The van der Waals surface area contributed by atoms with E-state index in [9.17, 15) is 4.79 Å². The summed E-state index contributed by atoms with van der Waals surface area (Å²) in [5.74, 6) is 1.14. The van der Waals surface area contributed by atoms with Crippen molar-refractivity contribution < 1.29 is 9.53 Å². The van der Waals surface area contributed by atoms with Gasteiger partial charge in [-0.15, -0.1) is 0 Å². The van der Waals surface area contributed by atoms with Gasteiger partial charge in [0.15, 0.2) is 0 Å². The van der Waals surface area contributed by atoms with E-state index in [4.69, 9.17) is 4.74 Å². The zero-order valence-corrected chi connectivity index (χ0v) is 13.5. The highest BCUT2D eigenvalue weighted by Gasteiger charge is 2.13.